The highest BCUT2D eigenvalue weighted by molar-refractivity contribution is 6.14. The monoisotopic (exact) mass is 232 g/mol. The molecule has 2 heterocycles. The summed E-state index contributed by atoms with van der Waals surface area (Å²) in [5, 5.41) is 5.68. The fourth-order valence-electron chi connectivity index (χ4n) is 2.09. The van der Waals surface area contributed by atoms with Gasteiger partial charge < -0.3 is 5.73 Å². The van der Waals surface area contributed by atoms with Gasteiger partial charge in [0.15, 0.2) is 0 Å². The third-order valence-electron chi connectivity index (χ3n) is 2.84. The Hall–Kier alpha value is -1.91. The van der Waals surface area contributed by atoms with E-state index in [0.29, 0.717) is 11.4 Å². The Morgan fingerprint density at radius 1 is 1.41 bits per heavy atom. The molecule has 1 aliphatic heterocycles. The van der Waals surface area contributed by atoms with Gasteiger partial charge in [0.1, 0.15) is 0 Å². The summed E-state index contributed by atoms with van der Waals surface area (Å²) in [5.74, 6) is 0.0894. The summed E-state index contributed by atoms with van der Waals surface area (Å²) in [6, 6.07) is 1.70. The first-order chi connectivity index (χ1) is 8.00. The van der Waals surface area contributed by atoms with Crippen LogP contribution < -0.4 is 10.7 Å². The summed E-state index contributed by atoms with van der Waals surface area (Å²) in [6.07, 6.45) is 3.13. The number of hydrazone groups is 1. The Kier molecular flexibility index (Phi) is 2.83. The second-order valence-corrected chi connectivity index (χ2v) is 4.59. The predicted molar refractivity (Wildman–Crippen MR) is 67.6 cm³/mol. The number of amides is 1. The lowest BCUT2D eigenvalue weighted by Crippen LogP contribution is -2.30. The number of nitrogen functional groups attached to an aromatic ring is 1. The van der Waals surface area contributed by atoms with Crippen LogP contribution in [0.3, 0.4) is 0 Å². The molecule has 90 valence electrons. The third-order valence-corrected chi connectivity index (χ3v) is 2.84. The smallest absolute Gasteiger partial charge is 0.256 e. The topological polar surface area (TPSA) is 71.6 Å². The molecule has 0 aromatic carbocycles. The Morgan fingerprint density at radius 2 is 2.12 bits per heavy atom. The Balaban J connectivity index is 2.34. The molecule has 0 fully saturated rings. The number of nitrogens with zero attached hydrogens (tertiary/aromatic N) is 3. The molecular weight excluding hydrogens is 216 g/mol. The van der Waals surface area contributed by atoms with Crippen LogP contribution in [0, 0.1) is 11.8 Å². The average Bonchev–Trinajstić information content (AvgIpc) is 2.54. The van der Waals surface area contributed by atoms with Gasteiger partial charge in [0.05, 0.1) is 23.5 Å². The lowest BCUT2D eigenvalue weighted by Gasteiger charge is -2.16. The molecule has 0 bridgehead atoms. The second-order valence-electron chi connectivity index (χ2n) is 4.59. The molecule has 1 aromatic heterocycles. The van der Waals surface area contributed by atoms with Crippen molar-refractivity contribution in [3.63, 3.8) is 0 Å². The van der Waals surface area contributed by atoms with E-state index in [1.807, 2.05) is 20.8 Å². The minimum absolute atomic E-state index is 0.00935. The molecule has 0 spiro atoms. The van der Waals surface area contributed by atoms with Crippen molar-refractivity contribution >= 4 is 23.0 Å². The van der Waals surface area contributed by atoms with Crippen LogP contribution in [0.4, 0.5) is 11.4 Å². The van der Waals surface area contributed by atoms with Crippen LogP contribution >= 0.6 is 0 Å². The molecule has 1 unspecified atom stereocenters. The van der Waals surface area contributed by atoms with Crippen LogP contribution in [0.5, 0.6) is 0 Å². The number of aromatic nitrogens is 1. The molecule has 0 saturated heterocycles. The number of rotatable bonds is 2. The largest absolute Gasteiger partial charge is 0.397 e. The highest BCUT2D eigenvalue weighted by Gasteiger charge is 2.36. The number of pyridine rings is 1. The molecule has 5 heteroatoms. The van der Waals surface area contributed by atoms with E-state index in [0.717, 1.165) is 5.71 Å². The highest BCUT2D eigenvalue weighted by atomic mass is 16.2. The SMILES string of the molecule is CC1=NN(c2cncc(N)c2)C(=O)C1C(C)C. The maximum Gasteiger partial charge on any atom is 0.256 e. The van der Waals surface area contributed by atoms with Gasteiger partial charge in [0.25, 0.3) is 5.91 Å². The summed E-state index contributed by atoms with van der Waals surface area (Å²) in [7, 11) is 0. The lowest BCUT2D eigenvalue weighted by molar-refractivity contribution is -0.120. The molecule has 2 N–H and O–H groups in total. The van der Waals surface area contributed by atoms with Gasteiger partial charge in [-0.2, -0.15) is 10.1 Å². The van der Waals surface area contributed by atoms with Gasteiger partial charge in [-0.15, -0.1) is 0 Å². The highest BCUT2D eigenvalue weighted by Crippen LogP contribution is 2.28. The van der Waals surface area contributed by atoms with E-state index < -0.39 is 0 Å². The molecule has 2 rings (SSSR count). The zero-order valence-electron chi connectivity index (χ0n) is 10.2. The van der Waals surface area contributed by atoms with Gasteiger partial charge in [-0.05, 0) is 18.9 Å². The molecular formula is C12H16N4O. The molecule has 0 aliphatic carbocycles. The zero-order chi connectivity index (χ0) is 12.6. The van der Waals surface area contributed by atoms with Crippen molar-refractivity contribution in [3.8, 4) is 0 Å². The maximum absolute atomic E-state index is 12.2. The van der Waals surface area contributed by atoms with E-state index in [1.54, 1.807) is 18.5 Å². The van der Waals surface area contributed by atoms with Gasteiger partial charge in [0.2, 0.25) is 0 Å². The van der Waals surface area contributed by atoms with Crippen molar-refractivity contribution in [1.29, 1.82) is 0 Å². The number of hydrogen-bond acceptors (Lipinski definition) is 4. The van der Waals surface area contributed by atoms with Gasteiger partial charge in [-0.1, -0.05) is 13.8 Å². The van der Waals surface area contributed by atoms with Crippen molar-refractivity contribution in [3.05, 3.63) is 18.5 Å². The standard InChI is InChI=1S/C12H16N4O/c1-7(2)11-8(3)15-16(12(11)17)10-4-9(13)5-14-6-10/h4-7,11H,13H2,1-3H3. The zero-order valence-corrected chi connectivity index (χ0v) is 10.2. The fraction of sp³-hybridized carbons (Fsp3) is 0.417. The first kappa shape index (κ1) is 11.6. The quantitative estimate of drug-likeness (QED) is 0.842. The second kappa shape index (κ2) is 4.16. The summed E-state index contributed by atoms with van der Waals surface area (Å²) in [5.41, 5.74) is 7.64. The van der Waals surface area contributed by atoms with Crippen molar-refractivity contribution in [2.75, 3.05) is 10.7 Å². The summed E-state index contributed by atoms with van der Waals surface area (Å²) in [4.78, 5) is 16.2. The Morgan fingerprint density at radius 3 is 2.65 bits per heavy atom. The van der Waals surface area contributed by atoms with E-state index >= 15 is 0 Å². The number of nitrogens with two attached hydrogens (primary N) is 1. The van der Waals surface area contributed by atoms with Crippen LogP contribution in [0.15, 0.2) is 23.6 Å². The number of carbonyl (C=O) groups excluding carboxylic acids is 1. The van der Waals surface area contributed by atoms with Crippen LogP contribution in [0.2, 0.25) is 0 Å². The van der Waals surface area contributed by atoms with Crippen LogP contribution in [-0.4, -0.2) is 16.6 Å². The minimum Gasteiger partial charge on any atom is -0.397 e. The van der Waals surface area contributed by atoms with E-state index in [9.17, 15) is 4.79 Å². The number of hydrogen-bond donors (Lipinski definition) is 1. The van der Waals surface area contributed by atoms with Gasteiger partial charge in [-0.25, -0.2) is 0 Å². The number of carbonyl (C=O) groups is 1. The van der Waals surface area contributed by atoms with Crippen LogP contribution in [-0.2, 0) is 4.79 Å². The maximum atomic E-state index is 12.2. The van der Waals surface area contributed by atoms with E-state index in [2.05, 4.69) is 10.1 Å². The molecule has 1 atom stereocenters. The summed E-state index contributed by atoms with van der Waals surface area (Å²) in [6.45, 7) is 5.91. The van der Waals surface area contributed by atoms with Crippen molar-refractivity contribution in [2.45, 2.75) is 20.8 Å². The number of anilines is 2. The normalized spacial score (nSPS) is 20.0. The predicted octanol–water partition coefficient (Wildman–Crippen LogP) is 1.66. The molecule has 5 nitrogen and oxygen atoms in total. The van der Waals surface area contributed by atoms with Crippen molar-refractivity contribution in [1.82, 2.24) is 4.98 Å². The summed E-state index contributed by atoms with van der Waals surface area (Å²) < 4.78 is 0. The van der Waals surface area contributed by atoms with Crippen molar-refractivity contribution < 1.29 is 4.79 Å². The summed E-state index contributed by atoms with van der Waals surface area (Å²) >= 11 is 0. The van der Waals surface area contributed by atoms with E-state index in [4.69, 9.17) is 5.73 Å². The molecule has 1 aromatic rings. The first-order valence-electron chi connectivity index (χ1n) is 5.60. The first-order valence-corrected chi connectivity index (χ1v) is 5.60. The Labute approximate surface area is 100 Å². The molecule has 0 saturated carbocycles. The van der Waals surface area contributed by atoms with E-state index in [1.165, 1.54) is 5.01 Å². The third kappa shape index (κ3) is 2.00. The molecule has 0 radical (unpaired) electrons. The van der Waals surface area contributed by atoms with E-state index in [-0.39, 0.29) is 17.7 Å². The van der Waals surface area contributed by atoms with Crippen LogP contribution in [0.25, 0.3) is 0 Å². The minimum atomic E-state index is -0.142. The lowest BCUT2D eigenvalue weighted by atomic mass is 9.92. The van der Waals surface area contributed by atoms with Crippen molar-refractivity contribution in [2.24, 2.45) is 16.9 Å². The fourth-order valence-corrected chi connectivity index (χ4v) is 2.09. The average molecular weight is 232 g/mol. The van der Waals surface area contributed by atoms with Gasteiger partial charge in [0, 0.05) is 11.9 Å². The Bertz CT molecular complexity index is 481. The van der Waals surface area contributed by atoms with Crippen LogP contribution in [0.1, 0.15) is 20.8 Å². The molecule has 17 heavy (non-hydrogen) atoms. The van der Waals surface area contributed by atoms with Gasteiger partial charge >= 0.3 is 0 Å². The molecule has 1 aliphatic rings. The van der Waals surface area contributed by atoms with Gasteiger partial charge in [-0.3, -0.25) is 9.78 Å². The molecule has 1 amide bonds.